The minimum atomic E-state index is -3.64. The number of hydrogen-bond acceptors (Lipinski definition) is 4. The fourth-order valence-electron chi connectivity index (χ4n) is 1.87. The molecule has 6 heteroatoms. The van der Waals surface area contributed by atoms with Gasteiger partial charge in [-0.15, -0.1) is 0 Å². The SMILES string of the molecule is CCCN(CCO)S(=O)(=O)c1c(C)cccc1N. The lowest BCUT2D eigenvalue weighted by molar-refractivity contribution is 0.253. The van der Waals surface area contributed by atoms with Gasteiger partial charge in [0.05, 0.1) is 12.3 Å². The number of sulfonamides is 1. The Morgan fingerprint density at radius 3 is 2.50 bits per heavy atom. The van der Waals surface area contributed by atoms with E-state index in [2.05, 4.69) is 0 Å². The van der Waals surface area contributed by atoms with Gasteiger partial charge in [0.2, 0.25) is 10.0 Å². The average Bonchev–Trinajstić information content (AvgIpc) is 2.28. The molecule has 18 heavy (non-hydrogen) atoms. The lowest BCUT2D eigenvalue weighted by Crippen LogP contribution is -2.35. The Balaban J connectivity index is 3.26. The molecule has 0 heterocycles. The standard InChI is InChI=1S/C12H20N2O3S/c1-3-7-14(8-9-15)18(16,17)12-10(2)5-4-6-11(12)13/h4-6,15H,3,7-9,13H2,1-2H3. The number of aryl methyl sites for hydroxylation is 1. The summed E-state index contributed by atoms with van der Waals surface area (Å²) in [5, 5.41) is 8.97. The molecule has 0 aromatic heterocycles. The Kier molecular flexibility index (Phi) is 5.13. The van der Waals surface area contributed by atoms with E-state index in [0.29, 0.717) is 18.5 Å². The largest absolute Gasteiger partial charge is 0.398 e. The number of benzene rings is 1. The molecule has 0 bridgehead atoms. The molecule has 0 fully saturated rings. The minimum absolute atomic E-state index is 0.0872. The normalized spacial score (nSPS) is 12.0. The van der Waals surface area contributed by atoms with E-state index in [1.54, 1.807) is 25.1 Å². The van der Waals surface area contributed by atoms with Crippen molar-refractivity contribution >= 4 is 15.7 Å². The molecule has 0 aliphatic carbocycles. The van der Waals surface area contributed by atoms with Gasteiger partial charge in [0.15, 0.2) is 0 Å². The smallest absolute Gasteiger partial charge is 0.245 e. The Bertz CT molecular complexity index is 474. The topological polar surface area (TPSA) is 83.6 Å². The van der Waals surface area contributed by atoms with Crippen molar-refractivity contribution in [1.82, 2.24) is 4.31 Å². The van der Waals surface area contributed by atoms with Crippen LogP contribution in [0.15, 0.2) is 23.1 Å². The molecular weight excluding hydrogens is 252 g/mol. The molecule has 0 aliphatic rings. The van der Waals surface area contributed by atoms with Gasteiger partial charge >= 0.3 is 0 Å². The van der Waals surface area contributed by atoms with Gasteiger partial charge in [-0.2, -0.15) is 4.31 Å². The van der Waals surface area contributed by atoms with Crippen molar-refractivity contribution in [3.05, 3.63) is 23.8 Å². The lowest BCUT2D eigenvalue weighted by atomic mass is 10.2. The molecule has 0 unspecified atom stereocenters. The number of rotatable bonds is 6. The highest BCUT2D eigenvalue weighted by atomic mass is 32.2. The van der Waals surface area contributed by atoms with Crippen LogP contribution in [-0.4, -0.2) is 37.5 Å². The maximum Gasteiger partial charge on any atom is 0.245 e. The molecule has 0 saturated heterocycles. The van der Waals surface area contributed by atoms with Crippen LogP contribution >= 0.6 is 0 Å². The van der Waals surface area contributed by atoms with Crippen molar-refractivity contribution in [2.45, 2.75) is 25.2 Å². The van der Waals surface area contributed by atoms with Gasteiger partial charge in [0.25, 0.3) is 0 Å². The highest BCUT2D eigenvalue weighted by Gasteiger charge is 2.26. The summed E-state index contributed by atoms with van der Waals surface area (Å²) in [4.78, 5) is 0.145. The molecule has 0 aliphatic heterocycles. The van der Waals surface area contributed by atoms with E-state index in [4.69, 9.17) is 10.8 Å². The Morgan fingerprint density at radius 1 is 1.33 bits per heavy atom. The first kappa shape index (κ1) is 14.9. The van der Waals surface area contributed by atoms with Crippen molar-refractivity contribution in [2.24, 2.45) is 0 Å². The van der Waals surface area contributed by atoms with Gasteiger partial charge in [0, 0.05) is 13.1 Å². The minimum Gasteiger partial charge on any atom is -0.398 e. The van der Waals surface area contributed by atoms with E-state index in [-0.39, 0.29) is 23.7 Å². The molecule has 102 valence electrons. The summed E-state index contributed by atoms with van der Waals surface area (Å²) in [6.45, 7) is 3.86. The number of aliphatic hydroxyl groups excluding tert-OH is 1. The van der Waals surface area contributed by atoms with Crippen molar-refractivity contribution in [3.63, 3.8) is 0 Å². The summed E-state index contributed by atoms with van der Waals surface area (Å²) in [5.74, 6) is 0. The van der Waals surface area contributed by atoms with E-state index in [0.717, 1.165) is 0 Å². The van der Waals surface area contributed by atoms with Crippen molar-refractivity contribution < 1.29 is 13.5 Å². The second-order valence-corrected chi connectivity index (χ2v) is 6.00. The van der Waals surface area contributed by atoms with E-state index >= 15 is 0 Å². The number of nitrogens with zero attached hydrogens (tertiary/aromatic N) is 1. The van der Waals surface area contributed by atoms with Crippen LogP contribution in [0.2, 0.25) is 0 Å². The van der Waals surface area contributed by atoms with Crippen molar-refractivity contribution in [3.8, 4) is 0 Å². The van der Waals surface area contributed by atoms with Crippen LogP contribution < -0.4 is 5.73 Å². The molecule has 5 nitrogen and oxygen atoms in total. The fraction of sp³-hybridized carbons (Fsp3) is 0.500. The number of anilines is 1. The highest BCUT2D eigenvalue weighted by molar-refractivity contribution is 7.89. The highest BCUT2D eigenvalue weighted by Crippen LogP contribution is 2.25. The van der Waals surface area contributed by atoms with Crippen LogP contribution in [-0.2, 0) is 10.0 Å². The zero-order chi connectivity index (χ0) is 13.8. The first-order chi connectivity index (χ1) is 8.45. The van der Waals surface area contributed by atoms with Crippen LogP contribution in [0, 0.1) is 6.92 Å². The third-order valence-electron chi connectivity index (χ3n) is 2.66. The second-order valence-electron chi connectivity index (χ2n) is 4.12. The number of aliphatic hydroxyl groups is 1. The fourth-order valence-corrected chi connectivity index (χ4v) is 3.71. The first-order valence-corrected chi connectivity index (χ1v) is 7.35. The van der Waals surface area contributed by atoms with Gasteiger partial charge < -0.3 is 10.8 Å². The Hall–Kier alpha value is -1.11. The molecule has 0 spiro atoms. The summed E-state index contributed by atoms with van der Waals surface area (Å²) in [6, 6.07) is 5.01. The lowest BCUT2D eigenvalue weighted by Gasteiger charge is -2.22. The zero-order valence-electron chi connectivity index (χ0n) is 10.8. The summed E-state index contributed by atoms with van der Waals surface area (Å²) < 4.78 is 26.2. The van der Waals surface area contributed by atoms with Crippen molar-refractivity contribution in [1.29, 1.82) is 0 Å². The molecule has 0 saturated carbocycles. The van der Waals surface area contributed by atoms with Gasteiger partial charge in [0.1, 0.15) is 4.90 Å². The third kappa shape index (κ3) is 3.01. The molecule has 0 atom stereocenters. The van der Waals surface area contributed by atoms with E-state index in [1.807, 2.05) is 6.92 Å². The monoisotopic (exact) mass is 272 g/mol. The van der Waals surface area contributed by atoms with Gasteiger partial charge in [-0.25, -0.2) is 8.42 Å². The summed E-state index contributed by atoms with van der Waals surface area (Å²) in [7, 11) is -3.64. The van der Waals surface area contributed by atoms with Gasteiger partial charge in [-0.1, -0.05) is 19.1 Å². The number of nitrogen functional groups attached to an aromatic ring is 1. The van der Waals surface area contributed by atoms with Crippen molar-refractivity contribution in [2.75, 3.05) is 25.4 Å². The molecule has 3 N–H and O–H groups in total. The van der Waals surface area contributed by atoms with Crippen LogP contribution in [0.4, 0.5) is 5.69 Å². The van der Waals surface area contributed by atoms with Gasteiger partial charge in [-0.05, 0) is 25.0 Å². The van der Waals surface area contributed by atoms with Crippen LogP contribution in [0.1, 0.15) is 18.9 Å². The van der Waals surface area contributed by atoms with Crippen LogP contribution in [0.5, 0.6) is 0 Å². The zero-order valence-corrected chi connectivity index (χ0v) is 11.6. The quantitative estimate of drug-likeness (QED) is 0.756. The molecule has 1 rings (SSSR count). The van der Waals surface area contributed by atoms with Crippen LogP contribution in [0.3, 0.4) is 0 Å². The predicted octanol–water partition coefficient (Wildman–Crippen LogP) is 0.970. The maximum atomic E-state index is 12.5. The van der Waals surface area contributed by atoms with E-state index in [9.17, 15) is 8.42 Å². The van der Waals surface area contributed by atoms with Crippen LogP contribution in [0.25, 0.3) is 0 Å². The Labute approximate surface area is 108 Å². The molecule has 1 aromatic carbocycles. The predicted molar refractivity (Wildman–Crippen MR) is 71.7 cm³/mol. The number of nitrogens with two attached hydrogens (primary N) is 1. The summed E-state index contributed by atoms with van der Waals surface area (Å²) in [5.41, 5.74) is 6.63. The number of hydrogen-bond donors (Lipinski definition) is 2. The summed E-state index contributed by atoms with van der Waals surface area (Å²) >= 11 is 0. The average molecular weight is 272 g/mol. The summed E-state index contributed by atoms with van der Waals surface area (Å²) in [6.07, 6.45) is 0.686. The molecule has 1 aromatic rings. The Morgan fingerprint density at radius 2 is 2.00 bits per heavy atom. The maximum absolute atomic E-state index is 12.5. The van der Waals surface area contributed by atoms with E-state index < -0.39 is 10.0 Å². The van der Waals surface area contributed by atoms with E-state index in [1.165, 1.54) is 4.31 Å². The first-order valence-electron chi connectivity index (χ1n) is 5.91. The van der Waals surface area contributed by atoms with Gasteiger partial charge in [-0.3, -0.25) is 0 Å². The third-order valence-corrected chi connectivity index (χ3v) is 4.78. The molecular formula is C12H20N2O3S. The second kappa shape index (κ2) is 6.17. The molecule has 0 radical (unpaired) electrons. The molecule has 0 amide bonds.